The molecule has 31 heavy (non-hydrogen) atoms. The first-order valence-electron chi connectivity index (χ1n) is 9.49. The molecule has 1 aromatic carbocycles. The van der Waals surface area contributed by atoms with Crippen LogP contribution in [0.15, 0.2) is 57.5 Å². The molecule has 1 aromatic heterocycles. The predicted molar refractivity (Wildman–Crippen MR) is 112 cm³/mol. The Labute approximate surface area is 182 Å². The number of hydrogen-bond acceptors (Lipinski definition) is 7. The summed E-state index contributed by atoms with van der Waals surface area (Å²) in [6, 6.07) is 9.26. The molecule has 2 aliphatic rings. The van der Waals surface area contributed by atoms with Crippen molar-refractivity contribution >= 4 is 23.1 Å². The van der Waals surface area contributed by atoms with Gasteiger partial charge in [0.1, 0.15) is 28.9 Å². The van der Waals surface area contributed by atoms with Crippen molar-refractivity contribution in [3.05, 3.63) is 74.0 Å². The van der Waals surface area contributed by atoms with Gasteiger partial charge in [-0.1, -0.05) is 25.4 Å². The van der Waals surface area contributed by atoms with Gasteiger partial charge in [0.25, 0.3) is 5.69 Å². The molecule has 1 unspecified atom stereocenters. The van der Waals surface area contributed by atoms with Gasteiger partial charge in [0.2, 0.25) is 5.88 Å². The lowest BCUT2D eigenvalue weighted by Crippen LogP contribution is -2.33. The van der Waals surface area contributed by atoms with Crippen LogP contribution in [0.25, 0.3) is 11.3 Å². The van der Waals surface area contributed by atoms with Crippen LogP contribution in [0.1, 0.15) is 38.4 Å². The lowest BCUT2D eigenvalue weighted by Gasteiger charge is -2.36. The van der Waals surface area contributed by atoms with Gasteiger partial charge >= 0.3 is 0 Å². The van der Waals surface area contributed by atoms with Crippen LogP contribution in [-0.2, 0) is 9.53 Å². The first kappa shape index (κ1) is 20.7. The Kier molecular flexibility index (Phi) is 4.86. The van der Waals surface area contributed by atoms with Crippen molar-refractivity contribution in [1.29, 1.82) is 5.26 Å². The van der Waals surface area contributed by atoms with Crippen LogP contribution in [0.4, 0.5) is 5.69 Å². The molecule has 1 atom stereocenters. The average molecular weight is 440 g/mol. The smallest absolute Gasteiger partial charge is 0.270 e. The number of ether oxygens (including phenoxy) is 1. The molecule has 0 radical (unpaired) electrons. The van der Waals surface area contributed by atoms with E-state index in [9.17, 15) is 20.2 Å². The summed E-state index contributed by atoms with van der Waals surface area (Å²) in [6.45, 7) is 3.92. The van der Waals surface area contributed by atoms with Crippen molar-refractivity contribution in [3.8, 4) is 17.4 Å². The first-order valence-corrected chi connectivity index (χ1v) is 9.87. The summed E-state index contributed by atoms with van der Waals surface area (Å²) in [7, 11) is 0. The first-order chi connectivity index (χ1) is 14.6. The second-order valence-electron chi connectivity index (χ2n) is 8.33. The number of nitrogens with two attached hydrogens (primary N) is 1. The van der Waals surface area contributed by atoms with Gasteiger partial charge in [-0.2, -0.15) is 5.26 Å². The Morgan fingerprint density at radius 1 is 1.29 bits per heavy atom. The number of non-ortho nitro benzene ring substituents is 1. The zero-order valence-corrected chi connectivity index (χ0v) is 17.5. The number of nitro groups is 1. The van der Waals surface area contributed by atoms with Gasteiger partial charge in [-0.15, -0.1) is 0 Å². The van der Waals surface area contributed by atoms with Gasteiger partial charge in [-0.3, -0.25) is 14.9 Å². The van der Waals surface area contributed by atoms with E-state index in [1.807, 2.05) is 19.9 Å². The van der Waals surface area contributed by atoms with Crippen LogP contribution in [0.5, 0.6) is 0 Å². The Balaban J connectivity index is 1.83. The molecule has 0 saturated heterocycles. The number of halogens is 1. The van der Waals surface area contributed by atoms with Crippen LogP contribution < -0.4 is 5.73 Å². The van der Waals surface area contributed by atoms with Crippen molar-refractivity contribution < 1.29 is 18.9 Å². The lowest BCUT2D eigenvalue weighted by molar-refractivity contribution is -0.384. The molecule has 2 N–H and O–H groups in total. The highest BCUT2D eigenvalue weighted by Crippen LogP contribution is 2.48. The molecule has 9 heteroatoms. The van der Waals surface area contributed by atoms with Crippen LogP contribution in [0, 0.1) is 26.9 Å². The summed E-state index contributed by atoms with van der Waals surface area (Å²) in [5.74, 6) is 0.00119. The van der Waals surface area contributed by atoms with E-state index in [2.05, 4.69) is 0 Å². The summed E-state index contributed by atoms with van der Waals surface area (Å²) < 4.78 is 11.6. The standard InChI is InChI=1S/C22H18ClN3O5/c1-22(2)8-15(27)20-18(9-22)31-21(25)13(10-24)19(20)17-6-5-16(30-17)12-7-11(26(28)29)3-4-14(12)23/h3-7,19H,8-9,25H2,1-2H3. The molecular formula is C22H18ClN3O5. The van der Waals surface area contributed by atoms with Crippen molar-refractivity contribution in [1.82, 2.24) is 0 Å². The van der Waals surface area contributed by atoms with Gasteiger partial charge < -0.3 is 14.9 Å². The number of furan rings is 1. The minimum atomic E-state index is -0.816. The second-order valence-corrected chi connectivity index (χ2v) is 8.73. The Hall–Kier alpha value is -3.57. The number of allylic oxidation sites excluding steroid dienone is 3. The number of nitrogens with zero attached hydrogens (tertiary/aromatic N) is 2. The van der Waals surface area contributed by atoms with Gasteiger partial charge in [0, 0.05) is 36.1 Å². The number of carbonyl (C=O) groups is 1. The van der Waals surface area contributed by atoms with Crippen molar-refractivity contribution in [2.45, 2.75) is 32.6 Å². The fourth-order valence-electron chi connectivity index (χ4n) is 4.04. The maximum Gasteiger partial charge on any atom is 0.270 e. The summed E-state index contributed by atoms with van der Waals surface area (Å²) in [4.78, 5) is 23.6. The van der Waals surface area contributed by atoms with E-state index in [1.165, 1.54) is 18.2 Å². The number of ketones is 1. The van der Waals surface area contributed by atoms with E-state index >= 15 is 0 Å². The fourth-order valence-corrected chi connectivity index (χ4v) is 4.25. The quantitative estimate of drug-likeness (QED) is 0.527. The summed E-state index contributed by atoms with van der Waals surface area (Å²) in [6.07, 6.45) is 0.794. The molecule has 4 rings (SSSR count). The fraction of sp³-hybridized carbons (Fsp3) is 0.273. The second kappa shape index (κ2) is 7.29. The third-order valence-corrected chi connectivity index (χ3v) is 5.74. The molecule has 0 saturated carbocycles. The van der Waals surface area contributed by atoms with E-state index in [-0.39, 0.29) is 39.1 Å². The van der Waals surface area contributed by atoms with E-state index in [0.717, 1.165) is 0 Å². The molecule has 8 nitrogen and oxygen atoms in total. The predicted octanol–water partition coefficient (Wildman–Crippen LogP) is 4.96. The number of Topliss-reactive ketones (excluding diaryl/α,β-unsaturated/α-hetero) is 1. The van der Waals surface area contributed by atoms with Crippen molar-refractivity contribution in [2.75, 3.05) is 0 Å². The van der Waals surface area contributed by atoms with Crippen molar-refractivity contribution in [3.63, 3.8) is 0 Å². The third kappa shape index (κ3) is 3.57. The van der Waals surface area contributed by atoms with E-state index < -0.39 is 10.8 Å². The Morgan fingerprint density at radius 3 is 2.71 bits per heavy atom. The number of rotatable bonds is 3. The van der Waals surface area contributed by atoms with Gasteiger partial charge in [0.05, 0.1) is 15.9 Å². The summed E-state index contributed by atoms with van der Waals surface area (Å²) in [5, 5.41) is 21.1. The molecular weight excluding hydrogens is 422 g/mol. The molecule has 2 heterocycles. The third-order valence-electron chi connectivity index (χ3n) is 5.41. The number of nitriles is 1. The van der Waals surface area contributed by atoms with Crippen LogP contribution >= 0.6 is 11.6 Å². The van der Waals surface area contributed by atoms with Crippen molar-refractivity contribution in [2.24, 2.45) is 11.1 Å². The Morgan fingerprint density at radius 2 is 2.03 bits per heavy atom. The number of carbonyl (C=O) groups excluding carboxylic acids is 1. The molecule has 0 fully saturated rings. The van der Waals surface area contributed by atoms with Gasteiger partial charge in [-0.05, 0) is 23.6 Å². The number of benzene rings is 1. The van der Waals surface area contributed by atoms with E-state index in [0.29, 0.717) is 35.5 Å². The normalized spacial score (nSPS) is 20.2. The molecule has 158 valence electrons. The van der Waals surface area contributed by atoms with Crippen LogP contribution in [0.3, 0.4) is 0 Å². The highest BCUT2D eigenvalue weighted by atomic mass is 35.5. The lowest BCUT2D eigenvalue weighted by atomic mass is 9.71. The van der Waals surface area contributed by atoms with Gasteiger partial charge in [-0.25, -0.2) is 0 Å². The molecule has 0 spiro atoms. The zero-order valence-electron chi connectivity index (χ0n) is 16.8. The molecule has 2 aromatic rings. The maximum atomic E-state index is 13.0. The molecule has 0 bridgehead atoms. The zero-order chi connectivity index (χ0) is 22.5. The van der Waals surface area contributed by atoms with Gasteiger partial charge in [0.15, 0.2) is 5.78 Å². The minimum absolute atomic E-state index is 0.0666. The van der Waals surface area contributed by atoms with Crippen LogP contribution in [0.2, 0.25) is 5.02 Å². The highest BCUT2D eigenvalue weighted by Gasteiger charge is 2.44. The van der Waals surface area contributed by atoms with E-state index in [4.69, 9.17) is 26.5 Å². The summed E-state index contributed by atoms with van der Waals surface area (Å²) >= 11 is 6.23. The number of hydrogen-bond donors (Lipinski definition) is 1. The molecule has 1 aliphatic carbocycles. The minimum Gasteiger partial charge on any atom is -0.460 e. The Bertz CT molecular complexity index is 1230. The SMILES string of the molecule is CC1(C)CC(=O)C2=C(C1)OC(N)=C(C#N)C2c1ccc(-c2cc([N+](=O)[O-])ccc2Cl)o1. The topological polar surface area (TPSA) is 132 Å². The monoisotopic (exact) mass is 439 g/mol. The molecule has 1 aliphatic heterocycles. The van der Waals surface area contributed by atoms with E-state index in [1.54, 1.807) is 12.1 Å². The largest absolute Gasteiger partial charge is 0.460 e. The average Bonchev–Trinajstić information content (AvgIpc) is 3.15. The van der Waals surface area contributed by atoms with Crippen LogP contribution in [-0.4, -0.2) is 10.7 Å². The number of nitro benzene ring substituents is 1. The maximum absolute atomic E-state index is 13.0. The highest BCUT2D eigenvalue weighted by molar-refractivity contribution is 6.33. The molecule has 0 amide bonds. The summed E-state index contributed by atoms with van der Waals surface area (Å²) in [5.41, 5.74) is 6.34.